The molecular formula is C15H12N4O4S. The minimum Gasteiger partial charge on any atom is -0.379 e. The van der Waals surface area contributed by atoms with Gasteiger partial charge >= 0.3 is 10.1 Å². The summed E-state index contributed by atoms with van der Waals surface area (Å²) in [5.41, 5.74) is 0.981. The third-order valence-electron chi connectivity index (χ3n) is 3.19. The molecule has 3 aromatic rings. The fraction of sp³-hybridized carbons (Fsp3) is 0.0667. The summed E-state index contributed by atoms with van der Waals surface area (Å²) in [6.07, 6.45) is 1.38. The number of carbonyl (C=O) groups excluding carboxylic acids is 1. The molecule has 0 bridgehead atoms. The van der Waals surface area contributed by atoms with Crippen molar-refractivity contribution < 1.29 is 17.4 Å². The second-order valence-electron chi connectivity index (χ2n) is 4.87. The van der Waals surface area contributed by atoms with Gasteiger partial charge in [-0.1, -0.05) is 18.2 Å². The predicted molar refractivity (Wildman–Crippen MR) is 83.4 cm³/mol. The molecule has 0 amide bonds. The fourth-order valence-electron chi connectivity index (χ4n) is 1.99. The topological polar surface area (TPSA) is 104 Å². The molecule has 0 saturated carbocycles. The normalized spacial score (nSPS) is 11.2. The second kappa shape index (κ2) is 6.20. The summed E-state index contributed by atoms with van der Waals surface area (Å²) in [5, 5.41) is 10.8. The summed E-state index contributed by atoms with van der Waals surface area (Å²) in [4.78, 5) is 11.2. The Bertz CT molecular complexity index is 967. The third kappa shape index (κ3) is 3.30. The number of hydrogen-bond donors (Lipinski definition) is 0. The molecule has 1 heterocycles. The molecule has 3 rings (SSSR count). The van der Waals surface area contributed by atoms with Crippen LogP contribution in [0.15, 0.2) is 59.8 Å². The van der Waals surface area contributed by atoms with Gasteiger partial charge in [0.2, 0.25) is 0 Å². The molecular weight excluding hydrogens is 332 g/mol. The van der Waals surface area contributed by atoms with Crippen LogP contribution in [0.5, 0.6) is 5.75 Å². The third-order valence-corrected chi connectivity index (χ3v) is 4.45. The number of hydrogen-bond acceptors (Lipinski definition) is 7. The molecule has 0 fully saturated rings. The number of benzene rings is 2. The summed E-state index contributed by atoms with van der Waals surface area (Å²) in [7, 11) is -4.01. The van der Waals surface area contributed by atoms with Gasteiger partial charge in [-0.25, -0.2) is 4.68 Å². The predicted octanol–water partition coefficient (Wildman–Crippen LogP) is 1.63. The Morgan fingerprint density at radius 3 is 2.50 bits per heavy atom. The first kappa shape index (κ1) is 15.8. The molecule has 0 saturated heterocycles. The number of Topliss-reactive ketones (excluding diaryl/α,β-unsaturated/α-hetero) is 1. The first-order valence-corrected chi connectivity index (χ1v) is 8.25. The molecule has 0 aliphatic carbocycles. The van der Waals surface area contributed by atoms with Gasteiger partial charge in [0.25, 0.3) is 0 Å². The highest BCUT2D eigenvalue weighted by molar-refractivity contribution is 7.87. The highest BCUT2D eigenvalue weighted by atomic mass is 32.2. The first-order chi connectivity index (χ1) is 11.5. The molecule has 9 heteroatoms. The average Bonchev–Trinajstić information content (AvgIpc) is 3.09. The van der Waals surface area contributed by atoms with Crippen molar-refractivity contribution in [2.75, 3.05) is 0 Å². The van der Waals surface area contributed by atoms with E-state index >= 15 is 0 Å². The average molecular weight is 344 g/mol. The lowest BCUT2D eigenvalue weighted by atomic mass is 10.2. The Morgan fingerprint density at radius 2 is 1.88 bits per heavy atom. The molecule has 0 unspecified atom stereocenters. The molecule has 0 aliphatic rings. The van der Waals surface area contributed by atoms with Crippen LogP contribution in [0.2, 0.25) is 0 Å². The van der Waals surface area contributed by atoms with E-state index in [2.05, 4.69) is 15.5 Å². The summed E-state index contributed by atoms with van der Waals surface area (Å²) in [6, 6.07) is 11.9. The largest absolute Gasteiger partial charge is 0.379 e. The molecule has 0 spiro atoms. The molecule has 0 N–H and O–H groups in total. The van der Waals surface area contributed by atoms with Gasteiger partial charge in [-0.15, -0.1) is 5.10 Å². The Kier molecular flexibility index (Phi) is 4.09. The van der Waals surface area contributed by atoms with Crippen LogP contribution in [0, 0.1) is 0 Å². The van der Waals surface area contributed by atoms with Gasteiger partial charge in [-0.3, -0.25) is 4.79 Å². The van der Waals surface area contributed by atoms with Crippen LogP contribution < -0.4 is 4.18 Å². The number of rotatable bonds is 5. The zero-order valence-electron chi connectivity index (χ0n) is 12.5. The SMILES string of the molecule is CC(=O)c1ccc(S(=O)(=O)Oc2cccc(-n3cnnn3)c2)cc1. The number of ketones is 1. The first-order valence-electron chi connectivity index (χ1n) is 6.85. The monoisotopic (exact) mass is 344 g/mol. The Labute approximate surface area is 137 Å². The van der Waals surface area contributed by atoms with Crippen molar-refractivity contribution in [3.63, 3.8) is 0 Å². The van der Waals surface area contributed by atoms with Crippen molar-refractivity contribution in [2.24, 2.45) is 0 Å². The van der Waals surface area contributed by atoms with Gasteiger partial charge in [-0.05, 0) is 41.6 Å². The maximum Gasteiger partial charge on any atom is 0.339 e. The smallest absolute Gasteiger partial charge is 0.339 e. The summed E-state index contributed by atoms with van der Waals surface area (Å²) in [6.45, 7) is 1.41. The molecule has 0 radical (unpaired) electrons. The maximum absolute atomic E-state index is 12.3. The number of nitrogens with zero attached hydrogens (tertiary/aromatic N) is 4. The van der Waals surface area contributed by atoms with Crippen molar-refractivity contribution in [3.8, 4) is 11.4 Å². The van der Waals surface area contributed by atoms with E-state index in [1.807, 2.05) is 0 Å². The Morgan fingerprint density at radius 1 is 1.12 bits per heavy atom. The standard InChI is InChI=1S/C15H12N4O4S/c1-11(20)12-5-7-15(8-6-12)24(21,22)23-14-4-2-3-13(9-14)19-10-16-17-18-19/h2-10H,1H3. The van der Waals surface area contributed by atoms with Gasteiger partial charge in [0, 0.05) is 11.6 Å². The number of carbonyl (C=O) groups is 1. The molecule has 0 aliphatic heterocycles. The van der Waals surface area contributed by atoms with Crippen molar-refractivity contribution >= 4 is 15.9 Å². The van der Waals surface area contributed by atoms with Crippen LogP contribution in [0.25, 0.3) is 5.69 Å². The lowest BCUT2D eigenvalue weighted by molar-refractivity contribution is 0.101. The van der Waals surface area contributed by atoms with Crippen molar-refractivity contribution in [3.05, 3.63) is 60.4 Å². The van der Waals surface area contributed by atoms with E-state index in [0.717, 1.165) is 0 Å². The van der Waals surface area contributed by atoms with E-state index in [1.165, 1.54) is 54.3 Å². The lowest BCUT2D eigenvalue weighted by Crippen LogP contribution is -2.10. The molecule has 24 heavy (non-hydrogen) atoms. The summed E-state index contributed by atoms with van der Waals surface area (Å²) < 4.78 is 31.2. The van der Waals surface area contributed by atoms with E-state index in [0.29, 0.717) is 11.3 Å². The van der Waals surface area contributed by atoms with Gasteiger partial charge in [0.05, 0.1) is 5.69 Å². The highest BCUT2D eigenvalue weighted by Gasteiger charge is 2.17. The zero-order valence-corrected chi connectivity index (χ0v) is 13.3. The highest BCUT2D eigenvalue weighted by Crippen LogP contribution is 2.21. The molecule has 0 atom stereocenters. The maximum atomic E-state index is 12.3. The van der Waals surface area contributed by atoms with E-state index < -0.39 is 10.1 Å². The van der Waals surface area contributed by atoms with E-state index in [1.54, 1.807) is 12.1 Å². The van der Waals surface area contributed by atoms with E-state index in [-0.39, 0.29) is 16.4 Å². The van der Waals surface area contributed by atoms with Gasteiger partial charge < -0.3 is 4.18 Å². The minimum absolute atomic E-state index is 0.0414. The van der Waals surface area contributed by atoms with E-state index in [9.17, 15) is 13.2 Å². The fourth-order valence-corrected chi connectivity index (χ4v) is 2.91. The van der Waals surface area contributed by atoms with Gasteiger partial charge in [0.1, 0.15) is 17.0 Å². The van der Waals surface area contributed by atoms with Crippen LogP contribution >= 0.6 is 0 Å². The molecule has 8 nitrogen and oxygen atoms in total. The molecule has 1 aromatic heterocycles. The van der Waals surface area contributed by atoms with Crippen molar-refractivity contribution in [1.82, 2.24) is 20.2 Å². The lowest BCUT2D eigenvalue weighted by Gasteiger charge is -2.08. The Balaban J connectivity index is 1.87. The molecule has 2 aromatic carbocycles. The zero-order chi connectivity index (χ0) is 17.2. The van der Waals surface area contributed by atoms with Crippen LogP contribution in [0.4, 0.5) is 0 Å². The Hall–Kier alpha value is -3.07. The number of aromatic nitrogens is 4. The van der Waals surface area contributed by atoms with Crippen LogP contribution in [-0.4, -0.2) is 34.4 Å². The second-order valence-corrected chi connectivity index (χ2v) is 6.42. The van der Waals surface area contributed by atoms with E-state index in [4.69, 9.17) is 4.18 Å². The summed E-state index contributed by atoms with van der Waals surface area (Å²) >= 11 is 0. The quantitative estimate of drug-likeness (QED) is 0.512. The van der Waals surface area contributed by atoms with Crippen molar-refractivity contribution in [2.45, 2.75) is 11.8 Å². The number of tetrazole rings is 1. The van der Waals surface area contributed by atoms with Crippen LogP contribution in [-0.2, 0) is 10.1 Å². The van der Waals surface area contributed by atoms with Gasteiger partial charge in [0.15, 0.2) is 5.78 Å². The van der Waals surface area contributed by atoms with Crippen LogP contribution in [0.1, 0.15) is 17.3 Å². The molecule has 122 valence electrons. The van der Waals surface area contributed by atoms with Crippen molar-refractivity contribution in [1.29, 1.82) is 0 Å². The minimum atomic E-state index is -4.01. The van der Waals surface area contributed by atoms with Crippen LogP contribution in [0.3, 0.4) is 0 Å². The van der Waals surface area contributed by atoms with Gasteiger partial charge in [-0.2, -0.15) is 8.42 Å². The summed E-state index contributed by atoms with van der Waals surface area (Å²) in [5.74, 6) is -0.0207.